The minimum Gasteiger partial charge on any atom is -0.393 e. The fraction of sp³-hybridized carbons (Fsp3) is 0.273. The fourth-order valence-corrected chi connectivity index (χ4v) is 3.89. The van der Waals surface area contributed by atoms with E-state index in [2.05, 4.69) is 52.3 Å². The first-order chi connectivity index (χ1) is 13.6. The Hall–Kier alpha value is -3.12. The number of rotatable bonds is 5. The van der Waals surface area contributed by atoms with Crippen molar-refractivity contribution < 1.29 is 4.92 Å². The predicted molar refractivity (Wildman–Crippen MR) is 114 cm³/mol. The monoisotopic (exact) mass is 376 g/mol. The van der Waals surface area contributed by atoms with Gasteiger partial charge in [-0.25, -0.2) is 0 Å². The minimum absolute atomic E-state index is 0.00160. The van der Waals surface area contributed by atoms with Crippen LogP contribution in [-0.2, 0) is 6.42 Å². The van der Waals surface area contributed by atoms with E-state index in [-0.39, 0.29) is 11.4 Å². The summed E-state index contributed by atoms with van der Waals surface area (Å²) < 4.78 is 0. The maximum Gasteiger partial charge on any atom is 0.292 e. The summed E-state index contributed by atoms with van der Waals surface area (Å²) >= 11 is 0. The lowest BCUT2D eigenvalue weighted by Gasteiger charge is -2.36. The lowest BCUT2D eigenvalue weighted by atomic mass is 10.1. The first-order valence-electron chi connectivity index (χ1n) is 9.60. The summed E-state index contributed by atoms with van der Waals surface area (Å²) in [5.74, 6) is 0. The summed E-state index contributed by atoms with van der Waals surface area (Å²) in [7, 11) is 0. The normalized spacial score (nSPS) is 15.1. The molecular weight excluding hydrogens is 352 g/mol. The van der Waals surface area contributed by atoms with Gasteiger partial charge in [0.15, 0.2) is 0 Å². The molecule has 1 aliphatic rings. The zero-order valence-electron chi connectivity index (χ0n) is 15.8. The Labute approximate surface area is 164 Å². The van der Waals surface area contributed by atoms with Crippen molar-refractivity contribution >= 4 is 27.8 Å². The Bertz CT molecular complexity index is 991. The van der Waals surface area contributed by atoms with Crippen molar-refractivity contribution in [2.24, 2.45) is 0 Å². The van der Waals surface area contributed by atoms with E-state index in [1.54, 1.807) is 12.1 Å². The molecule has 1 fully saturated rings. The summed E-state index contributed by atoms with van der Waals surface area (Å²) in [6, 6.07) is 20.1. The minimum atomic E-state index is -0.415. The second-order valence-electron chi connectivity index (χ2n) is 7.23. The van der Waals surface area contributed by atoms with Crippen molar-refractivity contribution in [3.63, 3.8) is 0 Å². The van der Waals surface area contributed by atoms with Crippen molar-refractivity contribution in [2.45, 2.75) is 6.42 Å². The first kappa shape index (κ1) is 18.3. The molecule has 28 heavy (non-hydrogen) atoms. The van der Waals surface area contributed by atoms with E-state index in [0.29, 0.717) is 0 Å². The molecule has 2 N–H and O–H groups in total. The number of hydrogen-bond donors (Lipinski definition) is 1. The highest BCUT2D eigenvalue weighted by molar-refractivity contribution is 5.94. The van der Waals surface area contributed by atoms with Gasteiger partial charge >= 0.3 is 0 Å². The number of piperazine rings is 1. The van der Waals surface area contributed by atoms with Gasteiger partial charge < -0.3 is 10.6 Å². The van der Waals surface area contributed by atoms with Gasteiger partial charge in [-0.2, -0.15) is 0 Å². The zero-order valence-corrected chi connectivity index (χ0v) is 15.8. The van der Waals surface area contributed by atoms with E-state index in [1.165, 1.54) is 16.5 Å². The van der Waals surface area contributed by atoms with E-state index in [0.717, 1.165) is 44.7 Å². The highest BCUT2D eigenvalue weighted by Gasteiger charge is 2.19. The van der Waals surface area contributed by atoms with Gasteiger partial charge in [0.2, 0.25) is 0 Å². The smallest absolute Gasteiger partial charge is 0.292 e. The fourth-order valence-electron chi connectivity index (χ4n) is 3.89. The lowest BCUT2D eigenvalue weighted by Crippen LogP contribution is -2.47. The molecule has 6 heteroatoms. The quantitative estimate of drug-likeness (QED) is 0.417. The van der Waals surface area contributed by atoms with Crippen LogP contribution in [0.4, 0.5) is 17.1 Å². The maximum absolute atomic E-state index is 11.1. The number of benzene rings is 3. The molecule has 0 aromatic heterocycles. The summed E-state index contributed by atoms with van der Waals surface area (Å²) in [5, 5.41) is 13.6. The topological polar surface area (TPSA) is 75.6 Å². The summed E-state index contributed by atoms with van der Waals surface area (Å²) in [6.07, 6.45) is 0.787. The lowest BCUT2D eigenvalue weighted by molar-refractivity contribution is -0.384. The van der Waals surface area contributed by atoms with Gasteiger partial charge in [-0.3, -0.25) is 15.0 Å². The van der Waals surface area contributed by atoms with Crippen LogP contribution in [0.5, 0.6) is 0 Å². The van der Waals surface area contributed by atoms with E-state index < -0.39 is 4.92 Å². The zero-order chi connectivity index (χ0) is 19.5. The second kappa shape index (κ2) is 7.86. The van der Waals surface area contributed by atoms with Crippen molar-refractivity contribution in [2.75, 3.05) is 43.4 Å². The standard InChI is InChI=1S/C22H24N4O2/c23-20-9-8-17(16-22(20)26(27)28)10-11-24-12-14-25(15-13-24)21-7-3-5-18-4-1-2-6-19(18)21/h1-9,16H,10-15,23H2. The number of nitrogen functional groups attached to an aromatic ring is 1. The molecule has 0 amide bonds. The number of fused-ring (bicyclic) bond motifs is 1. The third-order valence-corrected chi connectivity index (χ3v) is 5.49. The van der Waals surface area contributed by atoms with Crippen LogP contribution in [0.25, 0.3) is 10.8 Å². The Morgan fingerprint density at radius 2 is 1.71 bits per heavy atom. The van der Waals surface area contributed by atoms with Crippen LogP contribution in [0.3, 0.4) is 0 Å². The number of anilines is 2. The van der Waals surface area contributed by atoms with Crippen LogP contribution in [0, 0.1) is 10.1 Å². The third-order valence-electron chi connectivity index (χ3n) is 5.49. The summed E-state index contributed by atoms with van der Waals surface area (Å²) in [5.41, 5.74) is 8.15. The van der Waals surface area contributed by atoms with Crippen LogP contribution in [0.2, 0.25) is 0 Å². The number of nitrogens with two attached hydrogens (primary N) is 1. The molecule has 1 heterocycles. The number of nitro benzene ring substituents is 1. The molecule has 1 saturated heterocycles. The Kier molecular flexibility index (Phi) is 5.12. The van der Waals surface area contributed by atoms with Gasteiger partial charge in [-0.1, -0.05) is 42.5 Å². The summed E-state index contributed by atoms with van der Waals surface area (Å²) in [6.45, 7) is 4.83. The molecule has 6 nitrogen and oxygen atoms in total. The Morgan fingerprint density at radius 3 is 2.50 bits per heavy atom. The van der Waals surface area contributed by atoms with Crippen molar-refractivity contribution in [1.82, 2.24) is 4.90 Å². The number of nitrogens with zero attached hydrogens (tertiary/aromatic N) is 3. The molecule has 0 bridgehead atoms. The van der Waals surface area contributed by atoms with Crippen LogP contribution in [0.1, 0.15) is 5.56 Å². The molecule has 0 unspecified atom stereocenters. The molecular formula is C22H24N4O2. The van der Waals surface area contributed by atoms with Gasteiger partial charge in [-0.05, 0) is 29.5 Å². The van der Waals surface area contributed by atoms with Gasteiger partial charge in [0.1, 0.15) is 5.69 Å². The highest BCUT2D eigenvalue weighted by atomic mass is 16.6. The molecule has 0 radical (unpaired) electrons. The van der Waals surface area contributed by atoms with E-state index in [4.69, 9.17) is 5.73 Å². The van der Waals surface area contributed by atoms with E-state index in [1.807, 2.05) is 6.07 Å². The van der Waals surface area contributed by atoms with Crippen LogP contribution in [-0.4, -0.2) is 42.5 Å². The SMILES string of the molecule is Nc1ccc(CCN2CCN(c3cccc4ccccc34)CC2)cc1[N+](=O)[O-]. The molecule has 3 aromatic rings. The molecule has 3 aromatic carbocycles. The molecule has 0 atom stereocenters. The molecule has 144 valence electrons. The highest BCUT2D eigenvalue weighted by Crippen LogP contribution is 2.27. The maximum atomic E-state index is 11.1. The van der Waals surface area contributed by atoms with E-state index in [9.17, 15) is 10.1 Å². The third kappa shape index (κ3) is 3.77. The molecule has 4 rings (SSSR count). The molecule has 0 aliphatic carbocycles. The van der Waals surface area contributed by atoms with Crippen LogP contribution < -0.4 is 10.6 Å². The van der Waals surface area contributed by atoms with Crippen molar-refractivity contribution in [3.8, 4) is 0 Å². The largest absolute Gasteiger partial charge is 0.393 e. The Balaban J connectivity index is 1.37. The summed E-state index contributed by atoms with van der Waals surface area (Å²) in [4.78, 5) is 15.5. The van der Waals surface area contributed by atoms with Crippen LogP contribution in [0.15, 0.2) is 60.7 Å². The number of hydrogen-bond acceptors (Lipinski definition) is 5. The Morgan fingerprint density at radius 1 is 0.964 bits per heavy atom. The number of nitro groups is 1. The molecule has 0 saturated carbocycles. The van der Waals surface area contributed by atoms with Crippen molar-refractivity contribution in [3.05, 3.63) is 76.3 Å². The average molecular weight is 376 g/mol. The van der Waals surface area contributed by atoms with Gasteiger partial charge in [0.25, 0.3) is 5.69 Å². The second-order valence-corrected chi connectivity index (χ2v) is 7.23. The van der Waals surface area contributed by atoms with Crippen LogP contribution >= 0.6 is 0 Å². The average Bonchev–Trinajstić information content (AvgIpc) is 2.73. The predicted octanol–water partition coefficient (Wildman–Crippen LogP) is 3.69. The van der Waals surface area contributed by atoms with Crippen molar-refractivity contribution in [1.29, 1.82) is 0 Å². The van der Waals surface area contributed by atoms with E-state index >= 15 is 0 Å². The van der Waals surface area contributed by atoms with Gasteiger partial charge in [0, 0.05) is 49.9 Å². The molecule has 0 spiro atoms. The first-order valence-corrected chi connectivity index (χ1v) is 9.60. The van der Waals surface area contributed by atoms with Gasteiger partial charge in [-0.15, -0.1) is 0 Å². The molecule has 1 aliphatic heterocycles. The van der Waals surface area contributed by atoms with Gasteiger partial charge in [0.05, 0.1) is 4.92 Å².